The van der Waals surface area contributed by atoms with Gasteiger partial charge < -0.3 is 10.4 Å². The van der Waals surface area contributed by atoms with Crippen LogP contribution in [0.4, 0.5) is 35.1 Å². The zero-order valence-corrected chi connectivity index (χ0v) is 18.3. The lowest BCUT2D eigenvalue weighted by atomic mass is 9.69. The van der Waals surface area contributed by atoms with Crippen molar-refractivity contribution in [3.63, 3.8) is 0 Å². The van der Waals surface area contributed by atoms with Gasteiger partial charge in [0.25, 0.3) is 0 Å². The van der Waals surface area contributed by atoms with Gasteiger partial charge in [0.2, 0.25) is 5.91 Å². The molecule has 0 aliphatic carbocycles. The number of alkyl halides is 6. The summed E-state index contributed by atoms with van der Waals surface area (Å²) in [5.74, 6) is -3.39. The number of halogens is 8. The number of carbonyl (C=O) groups is 1. The van der Waals surface area contributed by atoms with Crippen LogP contribution in [0.3, 0.4) is 0 Å². The van der Waals surface area contributed by atoms with Gasteiger partial charge in [-0.05, 0) is 47.0 Å². The third-order valence-corrected chi connectivity index (χ3v) is 5.58. The Labute approximate surface area is 200 Å². The largest absolute Gasteiger partial charge is 0.416 e. The van der Waals surface area contributed by atoms with E-state index in [-0.39, 0.29) is 22.8 Å². The third-order valence-electron chi connectivity index (χ3n) is 5.58. The summed E-state index contributed by atoms with van der Waals surface area (Å²) in [6.07, 6.45) is -14.2. The van der Waals surface area contributed by atoms with Crippen molar-refractivity contribution >= 4 is 5.91 Å². The zero-order valence-electron chi connectivity index (χ0n) is 18.3. The van der Waals surface area contributed by atoms with Crippen molar-refractivity contribution < 1.29 is 45.0 Å². The summed E-state index contributed by atoms with van der Waals surface area (Å²) in [7, 11) is 0. The molecule has 11 heteroatoms. The summed E-state index contributed by atoms with van der Waals surface area (Å²) in [6, 6.07) is 13.6. The smallest absolute Gasteiger partial charge is 0.383 e. The van der Waals surface area contributed by atoms with Crippen molar-refractivity contribution in [1.82, 2.24) is 5.32 Å². The second-order valence-corrected chi connectivity index (χ2v) is 8.06. The molecule has 0 aromatic heterocycles. The molecule has 3 rings (SSSR count). The fraction of sp³-hybridized carbons (Fsp3) is 0.240. The molecule has 0 aliphatic rings. The molecule has 192 valence electrons. The molecular formula is C25H19F8NO2. The van der Waals surface area contributed by atoms with Crippen LogP contribution in [0.15, 0.2) is 72.8 Å². The second-order valence-electron chi connectivity index (χ2n) is 8.06. The Kier molecular flexibility index (Phi) is 7.73. The zero-order chi connectivity index (χ0) is 26.7. The first kappa shape index (κ1) is 27.1. The fourth-order valence-electron chi connectivity index (χ4n) is 3.91. The SMILES string of the molecule is O=C(NCC(c1ccccc1)(c1ccc(F)cc1)c1cc(F)cc(C(F)(F)F)c1)C(O)CC(F)(F)F. The van der Waals surface area contributed by atoms with E-state index in [0.717, 1.165) is 18.2 Å². The first-order valence-corrected chi connectivity index (χ1v) is 10.4. The molecule has 3 nitrogen and oxygen atoms in total. The molecule has 1 amide bonds. The minimum atomic E-state index is -4.95. The average Bonchev–Trinajstić information content (AvgIpc) is 2.79. The van der Waals surface area contributed by atoms with Crippen LogP contribution in [-0.4, -0.2) is 29.8 Å². The molecule has 0 aliphatic heterocycles. The van der Waals surface area contributed by atoms with Crippen LogP contribution in [0.5, 0.6) is 0 Å². The number of hydrogen-bond donors (Lipinski definition) is 2. The van der Waals surface area contributed by atoms with Crippen molar-refractivity contribution in [3.05, 3.63) is 107 Å². The number of benzene rings is 3. The van der Waals surface area contributed by atoms with Gasteiger partial charge in [0.1, 0.15) is 17.7 Å². The van der Waals surface area contributed by atoms with Crippen molar-refractivity contribution in [1.29, 1.82) is 0 Å². The second kappa shape index (κ2) is 10.3. The van der Waals surface area contributed by atoms with Gasteiger partial charge in [-0.3, -0.25) is 4.79 Å². The summed E-state index contributed by atoms with van der Waals surface area (Å²) in [5.41, 5.74) is -3.13. The normalized spacial score (nSPS) is 14.7. The summed E-state index contributed by atoms with van der Waals surface area (Å²) in [5, 5.41) is 11.9. The number of aliphatic hydroxyl groups excluding tert-OH is 1. The van der Waals surface area contributed by atoms with Crippen LogP contribution in [0.2, 0.25) is 0 Å². The topological polar surface area (TPSA) is 49.3 Å². The molecule has 0 heterocycles. The van der Waals surface area contributed by atoms with Crippen LogP contribution >= 0.6 is 0 Å². The van der Waals surface area contributed by atoms with E-state index in [1.54, 1.807) is 6.07 Å². The maximum absolute atomic E-state index is 14.5. The molecule has 0 saturated carbocycles. The van der Waals surface area contributed by atoms with E-state index in [2.05, 4.69) is 5.32 Å². The van der Waals surface area contributed by atoms with Crippen molar-refractivity contribution in [3.8, 4) is 0 Å². The van der Waals surface area contributed by atoms with Gasteiger partial charge >= 0.3 is 12.4 Å². The first-order chi connectivity index (χ1) is 16.7. The highest BCUT2D eigenvalue weighted by molar-refractivity contribution is 5.81. The van der Waals surface area contributed by atoms with Crippen LogP contribution in [0, 0.1) is 11.6 Å². The van der Waals surface area contributed by atoms with E-state index in [1.165, 1.54) is 36.4 Å². The maximum Gasteiger partial charge on any atom is 0.416 e. The number of rotatable bonds is 7. The van der Waals surface area contributed by atoms with E-state index < -0.39 is 59.9 Å². The van der Waals surface area contributed by atoms with Crippen molar-refractivity contribution in [2.45, 2.75) is 30.3 Å². The van der Waals surface area contributed by atoms with E-state index >= 15 is 0 Å². The molecule has 3 aromatic carbocycles. The Balaban J connectivity index is 2.23. The Hall–Kier alpha value is -3.47. The van der Waals surface area contributed by atoms with Crippen molar-refractivity contribution in [2.75, 3.05) is 6.54 Å². The molecule has 2 N–H and O–H groups in total. The first-order valence-electron chi connectivity index (χ1n) is 10.4. The minimum Gasteiger partial charge on any atom is -0.383 e. The molecule has 0 fully saturated rings. The molecular weight excluding hydrogens is 498 g/mol. The summed E-state index contributed by atoms with van der Waals surface area (Å²) >= 11 is 0. The molecule has 3 aromatic rings. The van der Waals surface area contributed by atoms with Gasteiger partial charge in [0.15, 0.2) is 0 Å². The molecule has 2 unspecified atom stereocenters. The number of aliphatic hydroxyl groups is 1. The Morgan fingerprint density at radius 1 is 0.750 bits per heavy atom. The molecule has 0 bridgehead atoms. The Morgan fingerprint density at radius 2 is 1.31 bits per heavy atom. The van der Waals surface area contributed by atoms with Gasteiger partial charge in [0.05, 0.1) is 17.4 Å². The molecule has 0 saturated heterocycles. The number of carbonyl (C=O) groups excluding carboxylic acids is 1. The van der Waals surface area contributed by atoms with E-state index in [0.29, 0.717) is 6.07 Å². The minimum absolute atomic E-state index is 0.111. The van der Waals surface area contributed by atoms with Crippen LogP contribution in [0.1, 0.15) is 28.7 Å². The Morgan fingerprint density at radius 3 is 1.86 bits per heavy atom. The fourth-order valence-corrected chi connectivity index (χ4v) is 3.91. The predicted molar refractivity (Wildman–Crippen MR) is 114 cm³/mol. The lowest BCUT2D eigenvalue weighted by molar-refractivity contribution is -0.163. The molecule has 36 heavy (non-hydrogen) atoms. The van der Waals surface area contributed by atoms with Crippen LogP contribution in [-0.2, 0) is 16.4 Å². The predicted octanol–water partition coefficient (Wildman–Crippen LogP) is 5.75. The van der Waals surface area contributed by atoms with Gasteiger partial charge in [-0.2, -0.15) is 26.3 Å². The number of amides is 1. The summed E-state index contributed by atoms with van der Waals surface area (Å²) in [6.45, 7) is -0.683. The summed E-state index contributed by atoms with van der Waals surface area (Å²) in [4.78, 5) is 12.3. The highest BCUT2D eigenvalue weighted by atomic mass is 19.4. The van der Waals surface area contributed by atoms with E-state index in [9.17, 15) is 45.0 Å². The van der Waals surface area contributed by atoms with Crippen LogP contribution < -0.4 is 5.32 Å². The van der Waals surface area contributed by atoms with Crippen LogP contribution in [0.25, 0.3) is 0 Å². The van der Waals surface area contributed by atoms with Crippen molar-refractivity contribution in [2.24, 2.45) is 0 Å². The third kappa shape index (κ3) is 6.20. The number of hydrogen-bond acceptors (Lipinski definition) is 2. The molecule has 0 spiro atoms. The number of nitrogens with one attached hydrogen (secondary N) is 1. The highest BCUT2D eigenvalue weighted by Crippen LogP contribution is 2.42. The lowest BCUT2D eigenvalue weighted by Gasteiger charge is -2.37. The van der Waals surface area contributed by atoms with Gasteiger partial charge in [-0.1, -0.05) is 42.5 Å². The van der Waals surface area contributed by atoms with Gasteiger partial charge in [-0.15, -0.1) is 0 Å². The molecule has 0 radical (unpaired) electrons. The monoisotopic (exact) mass is 517 g/mol. The van der Waals surface area contributed by atoms with Gasteiger partial charge in [-0.25, -0.2) is 8.78 Å². The summed E-state index contributed by atoms with van der Waals surface area (Å²) < 4.78 is 107. The maximum atomic E-state index is 14.5. The molecule has 2 atom stereocenters. The average molecular weight is 517 g/mol. The standard InChI is InChI=1S/C25H19F8NO2/c26-19-8-6-16(7-9-19)23(15-4-2-1-3-5-15,14-34-22(36)21(35)13-24(28,29)30)17-10-18(25(31,32)33)12-20(27)11-17/h1-12,21,35H,13-14H2,(H,34,36). The van der Waals surface area contributed by atoms with E-state index in [1.807, 2.05) is 0 Å². The highest BCUT2D eigenvalue weighted by Gasteiger charge is 2.41. The van der Waals surface area contributed by atoms with Gasteiger partial charge in [0, 0.05) is 6.54 Å². The van der Waals surface area contributed by atoms with E-state index in [4.69, 9.17) is 0 Å². The lowest BCUT2D eigenvalue weighted by Crippen LogP contribution is -2.46. The Bertz CT molecular complexity index is 1190. The quantitative estimate of drug-likeness (QED) is 0.310.